The van der Waals surface area contributed by atoms with Crippen molar-refractivity contribution in [3.63, 3.8) is 0 Å². The number of nitrogens with one attached hydrogen (secondary N) is 1. The lowest BCUT2D eigenvalue weighted by Gasteiger charge is -2.36. The van der Waals surface area contributed by atoms with E-state index in [1.165, 1.54) is 11.1 Å². The first-order chi connectivity index (χ1) is 11.8. The van der Waals surface area contributed by atoms with Gasteiger partial charge in [0.05, 0.1) is 5.52 Å². The van der Waals surface area contributed by atoms with Gasteiger partial charge in [-0.25, -0.2) is 0 Å². The van der Waals surface area contributed by atoms with Crippen molar-refractivity contribution in [3.8, 4) is 0 Å². The number of rotatable bonds is 3. The highest BCUT2D eigenvalue weighted by Gasteiger charge is 2.24. The maximum atomic E-state index is 6.33. The second-order valence-corrected chi connectivity index (χ2v) is 6.55. The molecular formula is C19H20Cl2N4. The van der Waals surface area contributed by atoms with E-state index >= 15 is 0 Å². The Labute approximate surface area is 158 Å². The van der Waals surface area contributed by atoms with Crippen LogP contribution in [0.25, 0.3) is 10.9 Å². The molecule has 1 aliphatic rings. The summed E-state index contributed by atoms with van der Waals surface area (Å²) in [4.78, 5) is 11.3. The average molecular weight is 375 g/mol. The summed E-state index contributed by atoms with van der Waals surface area (Å²) in [6.07, 6.45) is 5.62. The molecule has 4 nitrogen and oxygen atoms in total. The number of piperazine rings is 1. The second-order valence-electron chi connectivity index (χ2n) is 6.12. The molecule has 0 radical (unpaired) electrons. The van der Waals surface area contributed by atoms with Gasteiger partial charge >= 0.3 is 0 Å². The number of halogens is 2. The fourth-order valence-corrected chi connectivity index (χ4v) is 3.65. The molecule has 1 unspecified atom stereocenters. The number of hydrogen-bond acceptors (Lipinski definition) is 4. The summed E-state index contributed by atoms with van der Waals surface area (Å²) < 4.78 is 0. The zero-order valence-corrected chi connectivity index (χ0v) is 15.3. The first-order valence-corrected chi connectivity index (χ1v) is 8.57. The van der Waals surface area contributed by atoms with Crippen LogP contribution in [0.3, 0.4) is 0 Å². The van der Waals surface area contributed by atoms with E-state index in [1.54, 1.807) is 0 Å². The van der Waals surface area contributed by atoms with Crippen LogP contribution in [0.5, 0.6) is 0 Å². The molecule has 2 aromatic heterocycles. The first-order valence-electron chi connectivity index (χ1n) is 8.19. The van der Waals surface area contributed by atoms with Gasteiger partial charge in [0, 0.05) is 61.2 Å². The quantitative estimate of drug-likeness (QED) is 0.755. The van der Waals surface area contributed by atoms with Crippen LogP contribution in [0.15, 0.2) is 55.0 Å². The Balaban J connectivity index is 0.00000182. The molecule has 1 atom stereocenters. The molecule has 4 rings (SSSR count). The minimum Gasteiger partial charge on any atom is -0.314 e. The van der Waals surface area contributed by atoms with Gasteiger partial charge in [-0.2, -0.15) is 0 Å². The molecule has 1 aromatic carbocycles. The van der Waals surface area contributed by atoms with Gasteiger partial charge in [0.2, 0.25) is 0 Å². The van der Waals surface area contributed by atoms with E-state index in [2.05, 4.69) is 32.3 Å². The zero-order chi connectivity index (χ0) is 16.4. The van der Waals surface area contributed by atoms with Gasteiger partial charge in [-0.1, -0.05) is 23.7 Å². The number of pyridine rings is 2. The molecule has 0 amide bonds. The molecule has 0 saturated carbocycles. The normalized spacial score (nSPS) is 18.0. The third kappa shape index (κ3) is 3.93. The minimum atomic E-state index is 0. The van der Waals surface area contributed by atoms with E-state index in [9.17, 15) is 0 Å². The Morgan fingerprint density at radius 1 is 1.20 bits per heavy atom. The molecule has 1 fully saturated rings. The highest BCUT2D eigenvalue weighted by Crippen LogP contribution is 2.28. The van der Waals surface area contributed by atoms with Gasteiger partial charge in [0.15, 0.2) is 0 Å². The Morgan fingerprint density at radius 3 is 2.92 bits per heavy atom. The second kappa shape index (κ2) is 8.11. The van der Waals surface area contributed by atoms with E-state index < -0.39 is 0 Å². The molecule has 3 aromatic rings. The monoisotopic (exact) mass is 374 g/mol. The van der Waals surface area contributed by atoms with Crippen molar-refractivity contribution in [1.29, 1.82) is 0 Å². The predicted octanol–water partition coefficient (Wildman–Crippen LogP) is 3.85. The van der Waals surface area contributed by atoms with E-state index in [4.69, 9.17) is 11.6 Å². The average Bonchev–Trinajstić information content (AvgIpc) is 2.63. The lowest BCUT2D eigenvalue weighted by Crippen LogP contribution is -2.45. The van der Waals surface area contributed by atoms with Gasteiger partial charge in [0.25, 0.3) is 0 Å². The summed E-state index contributed by atoms with van der Waals surface area (Å²) in [5.41, 5.74) is 3.45. The van der Waals surface area contributed by atoms with Crippen LogP contribution < -0.4 is 5.32 Å². The Hall–Kier alpha value is -1.72. The van der Waals surface area contributed by atoms with Crippen molar-refractivity contribution >= 4 is 34.9 Å². The van der Waals surface area contributed by atoms with Crippen LogP contribution in [0.1, 0.15) is 17.2 Å². The maximum Gasteiger partial charge on any atom is 0.0747 e. The Morgan fingerprint density at radius 2 is 2.08 bits per heavy atom. The smallest absolute Gasteiger partial charge is 0.0747 e. The number of aromatic nitrogens is 2. The molecule has 3 heterocycles. The third-order valence-electron chi connectivity index (χ3n) is 4.55. The minimum absolute atomic E-state index is 0. The molecule has 0 bridgehead atoms. The highest BCUT2D eigenvalue weighted by atomic mass is 35.5. The SMILES string of the molecule is Cl.Clc1cc(CN2CCNCC2c2cccnc2)c2ncccc2c1. The molecule has 130 valence electrons. The fourth-order valence-electron chi connectivity index (χ4n) is 3.40. The van der Waals surface area contributed by atoms with Gasteiger partial charge in [-0.05, 0) is 35.4 Å². The van der Waals surface area contributed by atoms with Crippen molar-refractivity contribution in [2.24, 2.45) is 0 Å². The summed E-state index contributed by atoms with van der Waals surface area (Å²) in [5.74, 6) is 0. The van der Waals surface area contributed by atoms with Crippen molar-refractivity contribution in [1.82, 2.24) is 20.2 Å². The standard InChI is InChI=1S/C19H19ClN4.ClH/c20-17-9-14-3-2-6-23-19(14)16(10-17)13-24-8-7-22-12-18(24)15-4-1-5-21-11-15;/h1-6,9-11,18,22H,7-8,12-13H2;1H. The van der Waals surface area contributed by atoms with Crippen LogP contribution in [-0.4, -0.2) is 34.5 Å². The summed E-state index contributed by atoms with van der Waals surface area (Å²) in [6, 6.07) is 12.5. The van der Waals surface area contributed by atoms with Crippen molar-refractivity contribution in [3.05, 3.63) is 71.1 Å². The largest absolute Gasteiger partial charge is 0.314 e. The molecule has 0 aliphatic carbocycles. The molecule has 1 N–H and O–H groups in total. The third-order valence-corrected chi connectivity index (χ3v) is 4.76. The van der Waals surface area contributed by atoms with Crippen LogP contribution >= 0.6 is 24.0 Å². The summed E-state index contributed by atoms with van der Waals surface area (Å²) >= 11 is 6.33. The van der Waals surface area contributed by atoms with Gasteiger partial charge < -0.3 is 5.32 Å². The number of hydrogen-bond donors (Lipinski definition) is 1. The Bertz CT molecular complexity index is 841. The van der Waals surface area contributed by atoms with Gasteiger partial charge in [-0.15, -0.1) is 12.4 Å². The molecular weight excluding hydrogens is 355 g/mol. The molecule has 0 spiro atoms. The van der Waals surface area contributed by atoms with Crippen LogP contribution in [0.2, 0.25) is 5.02 Å². The zero-order valence-electron chi connectivity index (χ0n) is 13.7. The van der Waals surface area contributed by atoms with Gasteiger partial charge in [0.1, 0.15) is 0 Å². The number of fused-ring (bicyclic) bond motifs is 1. The summed E-state index contributed by atoms with van der Waals surface area (Å²) in [7, 11) is 0. The number of nitrogens with zero attached hydrogens (tertiary/aromatic N) is 3. The van der Waals surface area contributed by atoms with Crippen molar-refractivity contribution < 1.29 is 0 Å². The lowest BCUT2D eigenvalue weighted by molar-refractivity contribution is 0.154. The van der Waals surface area contributed by atoms with Crippen LogP contribution in [-0.2, 0) is 6.54 Å². The van der Waals surface area contributed by atoms with E-state index in [1.807, 2.05) is 42.9 Å². The molecule has 25 heavy (non-hydrogen) atoms. The maximum absolute atomic E-state index is 6.33. The fraction of sp³-hybridized carbons (Fsp3) is 0.263. The molecule has 1 saturated heterocycles. The van der Waals surface area contributed by atoms with Crippen molar-refractivity contribution in [2.75, 3.05) is 19.6 Å². The highest BCUT2D eigenvalue weighted by molar-refractivity contribution is 6.31. The predicted molar refractivity (Wildman–Crippen MR) is 104 cm³/mol. The molecule has 1 aliphatic heterocycles. The van der Waals surface area contributed by atoms with Crippen LogP contribution in [0, 0.1) is 0 Å². The molecule has 6 heteroatoms. The topological polar surface area (TPSA) is 41.0 Å². The number of benzene rings is 1. The lowest BCUT2D eigenvalue weighted by atomic mass is 10.0. The van der Waals surface area contributed by atoms with E-state index in [0.29, 0.717) is 6.04 Å². The summed E-state index contributed by atoms with van der Waals surface area (Å²) in [5, 5.41) is 5.34. The summed E-state index contributed by atoms with van der Waals surface area (Å²) in [6.45, 7) is 3.73. The first kappa shape index (κ1) is 18.1. The van der Waals surface area contributed by atoms with Gasteiger partial charge in [-0.3, -0.25) is 14.9 Å². The Kier molecular flexibility index (Phi) is 5.86. The van der Waals surface area contributed by atoms with E-state index in [-0.39, 0.29) is 12.4 Å². The van der Waals surface area contributed by atoms with Crippen molar-refractivity contribution in [2.45, 2.75) is 12.6 Å². The van der Waals surface area contributed by atoms with E-state index in [0.717, 1.165) is 42.1 Å². The van der Waals surface area contributed by atoms with Crippen LogP contribution in [0.4, 0.5) is 0 Å².